The van der Waals surface area contributed by atoms with Crippen molar-refractivity contribution >= 4 is 34.1 Å². The Bertz CT molecular complexity index is 763. The van der Waals surface area contributed by atoms with Gasteiger partial charge in [-0.2, -0.15) is 13.5 Å². The van der Waals surface area contributed by atoms with Crippen molar-refractivity contribution in [3.05, 3.63) is 0 Å². The fourth-order valence-corrected chi connectivity index (χ4v) is 3.74. The quantitative estimate of drug-likeness (QED) is 0.301. The molecular weight excluding hydrogens is 370 g/mol. The van der Waals surface area contributed by atoms with Crippen LogP contribution in [-0.2, 0) is 24.3 Å². The van der Waals surface area contributed by atoms with Crippen LogP contribution >= 0.6 is 0 Å². The largest absolute Gasteiger partial charge is 0.418 e. The Morgan fingerprint density at radius 3 is 2.50 bits per heavy atom. The highest BCUT2D eigenvalue weighted by molar-refractivity contribution is 7.80. The molecule has 3 heterocycles. The zero-order valence-electron chi connectivity index (χ0n) is 13.9. The van der Waals surface area contributed by atoms with E-state index in [-0.39, 0.29) is 18.3 Å². The van der Waals surface area contributed by atoms with Gasteiger partial charge in [-0.05, 0) is 12.8 Å². The highest BCUT2D eigenvalue weighted by atomic mass is 32.3. The molecule has 0 radical (unpaired) electrons. The van der Waals surface area contributed by atoms with Crippen LogP contribution in [0.3, 0.4) is 0 Å². The highest BCUT2D eigenvalue weighted by Gasteiger charge is 2.49. The molecule has 26 heavy (non-hydrogen) atoms. The Kier molecular flexibility index (Phi) is 4.62. The molecule has 3 fully saturated rings. The number of hydrogen-bond donors (Lipinski definition) is 3. The van der Waals surface area contributed by atoms with Crippen molar-refractivity contribution < 1.29 is 31.6 Å². The number of nitrogens with one attached hydrogen (secondary N) is 2. The first-order valence-electron chi connectivity index (χ1n) is 7.98. The molecule has 4 amide bonds. The number of hydrogen-bond acceptors (Lipinski definition) is 7. The van der Waals surface area contributed by atoms with Crippen LogP contribution in [0, 0.1) is 11.3 Å². The normalized spacial score (nSPS) is 25.9. The van der Waals surface area contributed by atoms with Gasteiger partial charge in [0.25, 0.3) is 0 Å². The molecule has 3 saturated heterocycles. The van der Waals surface area contributed by atoms with Crippen LogP contribution in [0.2, 0.25) is 0 Å². The summed E-state index contributed by atoms with van der Waals surface area (Å²) in [4.78, 5) is 38.3. The summed E-state index contributed by atoms with van der Waals surface area (Å²) in [5.41, 5.74) is 0. The number of nitrogens with zero attached hydrogens (tertiary/aromatic N) is 3. The third-order valence-electron chi connectivity index (χ3n) is 4.79. The lowest BCUT2D eigenvalue weighted by Crippen LogP contribution is -2.58. The third kappa shape index (κ3) is 3.50. The molecule has 12 nitrogen and oxygen atoms in total. The molecule has 2 atom stereocenters. The topological polar surface area (TPSA) is 160 Å². The molecule has 13 heteroatoms. The molecule has 3 aliphatic heterocycles. The third-order valence-corrected chi connectivity index (χ3v) is 5.14. The minimum Gasteiger partial charge on any atom is -0.341 e. The number of amidine groups is 1. The summed E-state index contributed by atoms with van der Waals surface area (Å²) in [7, 11) is -4.83. The van der Waals surface area contributed by atoms with Gasteiger partial charge in [-0.25, -0.2) is 4.79 Å². The van der Waals surface area contributed by atoms with Crippen LogP contribution in [0.1, 0.15) is 19.8 Å². The van der Waals surface area contributed by atoms with Gasteiger partial charge in [0.1, 0.15) is 5.84 Å². The van der Waals surface area contributed by atoms with E-state index in [1.165, 1.54) is 16.7 Å². The summed E-state index contributed by atoms with van der Waals surface area (Å²) >= 11 is 0. The van der Waals surface area contributed by atoms with Gasteiger partial charge in [0, 0.05) is 26.6 Å². The maximum absolute atomic E-state index is 12.3. The summed E-state index contributed by atoms with van der Waals surface area (Å²) in [5.74, 6) is -1.09. The Labute approximate surface area is 149 Å². The van der Waals surface area contributed by atoms with Crippen molar-refractivity contribution in [3.63, 3.8) is 0 Å². The first-order valence-corrected chi connectivity index (χ1v) is 9.35. The monoisotopic (exact) mass is 389 g/mol. The zero-order chi connectivity index (χ0) is 19.2. The van der Waals surface area contributed by atoms with E-state index >= 15 is 0 Å². The molecule has 0 aliphatic carbocycles. The maximum Gasteiger partial charge on any atom is 0.418 e. The van der Waals surface area contributed by atoms with E-state index in [1.54, 1.807) is 0 Å². The summed E-state index contributed by atoms with van der Waals surface area (Å²) < 4.78 is 34.8. The Morgan fingerprint density at radius 2 is 1.92 bits per heavy atom. The second-order valence-electron chi connectivity index (χ2n) is 6.53. The number of carbonyl (C=O) groups excluding carboxylic acids is 3. The van der Waals surface area contributed by atoms with E-state index in [9.17, 15) is 22.8 Å². The molecule has 0 aromatic heterocycles. The summed E-state index contributed by atoms with van der Waals surface area (Å²) in [6.07, 6.45) is 0.688. The van der Waals surface area contributed by atoms with E-state index in [0.29, 0.717) is 31.0 Å². The van der Waals surface area contributed by atoms with Gasteiger partial charge in [-0.15, -0.1) is 4.28 Å². The number of likely N-dealkylation sites (tertiary alicyclic amines) is 1. The lowest BCUT2D eigenvalue weighted by molar-refractivity contribution is -0.140. The van der Waals surface area contributed by atoms with Crippen molar-refractivity contribution in [2.45, 2.75) is 31.8 Å². The fourth-order valence-electron chi connectivity index (χ4n) is 3.35. The molecule has 0 spiro atoms. The highest BCUT2D eigenvalue weighted by Crippen LogP contribution is 2.30. The lowest BCUT2D eigenvalue weighted by atomic mass is 9.97. The first kappa shape index (κ1) is 18.5. The molecule has 0 saturated carbocycles. The summed E-state index contributed by atoms with van der Waals surface area (Å²) in [5, 5.41) is 11.1. The average molecular weight is 389 g/mol. The molecule has 0 aromatic rings. The summed E-state index contributed by atoms with van der Waals surface area (Å²) in [6, 6.07) is -2.07. The van der Waals surface area contributed by atoms with Crippen molar-refractivity contribution in [2.75, 3.05) is 19.6 Å². The van der Waals surface area contributed by atoms with E-state index in [1.807, 2.05) is 0 Å². The molecular formula is C13H19N5O7S. The van der Waals surface area contributed by atoms with Gasteiger partial charge in [0.15, 0.2) is 0 Å². The van der Waals surface area contributed by atoms with Crippen LogP contribution < -0.4 is 5.32 Å². The van der Waals surface area contributed by atoms with Gasteiger partial charge >= 0.3 is 16.4 Å². The van der Waals surface area contributed by atoms with E-state index in [0.717, 1.165) is 0 Å². The van der Waals surface area contributed by atoms with Gasteiger partial charge in [-0.3, -0.25) is 19.6 Å². The number of hydroxylamine groups is 2. The predicted octanol–water partition coefficient (Wildman–Crippen LogP) is -1.44. The van der Waals surface area contributed by atoms with Gasteiger partial charge < -0.3 is 15.1 Å². The van der Waals surface area contributed by atoms with Gasteiger partial charge in [0.05, 0.1) is 18.0 Å². The van der Waals surface area contributed by atoms with Crippen LogP contribution in [-0.4, -0.2) is 83.2 Å². The van der Waals surface area contributed by atoms with Crippen LogP contribution in [0.4, 0.5) is 4.79 Å². The second kappa shape index (κ2) is 6.48. The molecule has 3 rings (SSSR count). The smallest absolute Gasteiger partial charge is 0.341 e. The maximum atomic E-state index is 12.3. The van der Waals surface area contributed by atoms with Crippen molar-refractivity contribution in [1.29, 1.82) is 5.41 Å². The number of rotatable bonds is 4. The van der Waals surface area contributed by atoms with Crippen molar-refractivity contribution in [2.24, 2.45) is 5.92 Å². The number of carbonyl (C=O) groups is 3. The van der Waals surface area contributed by atoms with E-state index < -0.39 is 40.3 Å². The molecule has 144 valence electrons. The minimum absolute atomic E-state index is 0.121. The Hall–Kier alpha value is -2.25. The average Bonchev–Trinajstić information content (AvgIpc) is 2.69. The molecule has 0 aromatic carbocycles. The van der Waals surface area contributed by atoms with Crippen LogP contribution in [0.15, 0.2) is 0 Å². The number of amides is 4. The number of fused-ring (bicyclic) bond motifs is 2. The zero-order valence-corrected chi connectivity index (χ0v) is 14.7. The van der Waals surface area contributed by atoms with Crippen molar-refractivity contribution in [3.8, 4) is 0 Å². The van der Waals surface area contributed by atoms with Gasteiger partial charge in [0.2, 0.25) is 11.8 Å². The number of piperidine rings is 1. The van der Waals surface area contributed by atoms with Gasteiger partial charge in [-0.1, -0.05) is 0 Å². The SMILES string of the molecule is CC(=O)N1CC(C(=O)NC(=N)C2CCC3CN2C(=O)N3OS(=O)(=O)O)C1. The number of urea groups is 1. The minimum atomic E-state index is -4.83. The molecule has 2 bridgehead atoms. The molecule has 3 N–H and O–H groups in total. The van der Waals surface area contributed by atoms with Crippen LogP contribution in [0.25, 0.3) is 0 Å². The summed E-state index contributed by atoms with van der Waals surface area (Å²) in [6.45, 7) is 2.12. The second-order valence-corrected chi connectivity index (χ2v) is 7.54. The Balaban J connectivity index is 1.59. The molecule has 3 aliphatic rings. The van der Waals surface area contributed by atoms with E-state index in [2.05, 4.69) is 9.60 Å². The van der Waals surface area contributed by atoms with Crippen LogP contribution in [0.5, 0.6) is 0 Å². The van der Waals surface area contributed by atoms with Crippen molar-refractivity contribution in [1.82, 2.24) is 20.2 Å². The molecule has 2 unspecified atom stereocenters. The lowest BCUT2D eigenvalue weighted by Gasteiger charge is -2.38. The van der Waals surface area contributed by atoms with E-state index in [4.69, 9.17) is 9.96 Å². The first-order chi connectivity index (χ1) is 12.1. The standard InChI is InChI=1S/C13H19N5O7S/c1-7(19)16-4-8(5-16)12(20)15-11(14)10-3-2-9-6-17(10)13(21)18(9)25-26(22,23)24/h8-10H,2-6H2,1H3,(H2,14,15,20)(H,22,23,24). The fraction of sp³-hybridized carbons (Fsp3) is 0.692. The Morgan fingerprint density at radius 1 is 1.27 bits per heavy atom. The predicted molar refractivity (Wildman–Crippen MR) is 85.0 cm³/mol.